The van der Waals surface area contributed by atoms with Crippen molar-refractivity contribution in [2.75, 3.05) is 0 Å². The molecule has 0 bridgehead atoms. The Morgan fingerprint density at radius 2 is 0.625 bits per heavy atom. The van der Waals surface area contributed by atoms with Gasteiger partial charge in [-0.2, -0.15) is 0 Å². The normalized spacial score (nSPS) is 18.2. The minimum absolute atomic E-state index is 1.40. The summed E-state index contributed by atoms with van der Waals surface area (Å²) in [7, 11) is 0. The Kier molecular flexibility index (Phi) is 3.24. The molecule has 1 aliphatic carbocycles. The first-order chi connectivity index (χ1) is 11.5. The van der Waals surface area contributed by atoms with Gasteiger partial charge in [0.05, 0.1) is 18.1 Å². The summed E-state index contributed by atoms with van der Waals surface area (Å²) in [6.07, 6.45) is 0. The van der Waals surface area contributed by atoms with Crippen LogP contribution in [0.1, 0.15) is 19.5 Å². The van der Waals surface area contributed by atoms with Crippen molar-refractivity contribution in [2.24, 2.45) is 0 Å². The summed E-state index contributed by atoms with van der Waals surface area (Å²) < 4.78 is 5.81. The van der Waals surface area contributed by atoms with Crippen molar-refractivity contribution in [1.82, 2.24) is 0 Å². The standard InChI is InChI=1S/C20H16S4/c1-9-5-13-14-6-10(2)23-19(14)20-16(8-12(4)24-20)15-7-11(3)22-18(15)17(13)21-9/h5-8H,1-4H3/b14-13-,16-15-,18-17-,20-19-. The van der Waals surface area contributed by atoms with Crippen LogP contribution in [-0.2, 0) is 0 Å². The molecule has 0 atom stereocenters. The van der Waals surface area contributed by atoms with E-state index in [-0.39, 0.29) is 0 Å². The summed E-state index contributed by atoms with van der Waals surface area (Å²) in [6, 6.07) is 9.54. The van der Waals surface area contributed by atoms with Crippen LogP contribution in [0.2, 0.25) is 0 Å². The van der Waals surface area contributed by atoms with Gasteiger partial charge in [0.2, 0.25) is 0 Å². The molecule has 0 saturated carbocycles. The average Bonchev–Trinajstić information content (AvgIpc) is 3.23. The molecule has 0 amide bonds. The maximum absolute atomic E-state index is 2.38. The molecule has 0 spiro atoms. The van der Waals surface area contributed by atoms with Crippen molar-refractivity contribution in [3.8, 4) is 0 Å². The molecule has 24 heavy (non-hydrogen) atoms. The van der Waals surface area contributed by atoms with Crippen molar-refractivity contribution in [3.05, 3.63) is 82.8 Å². The summed E-state index contributed by atoms with van der Waals surface area (Å²) in [6.45, 7) is 8.92. The van der Waals surface area contributed by atoms with E-state index in [1.54, 1.807) is 0 Å². The number of rotatable bonds is 0. The molecular formula is C20H16S4. The Morgan fingerprint density at radius 3 is 0.833 bits per heavy atom. The monoisotopic (exact) mass is 384 g/mol. The molecular weight excluding hydrogens is 368 g/mol. The lowest BCUT2D eigenvalue weighted by atomic mass is 10.2. The fourth-order valence-electron chi connectivity index (χ4n) is 3.53. The second kappa shape index (κ2) is 5.15. The largest absolute Gasteiger partial charge is 0.139 e. The summed E-state index contributed by atoms with van der Waals surface area (Å²) in [5.41, 5.74) is 0. The Balaban J connectivity index is 2.44. The molecule has 0 fully saturated rings. The first-order valence-corrected chi connectivity index (χ1v) is 11.2. The number of thiophene rings is 4. The average molecular weight is 385 g/mol. The Labute approximate surface area is 155 Å². The van der Waals surface area contributed by atoms with Crippen LogP contribution < -0.4 is 0 Å². The molecule has 4 heterocycles. The highest BCUT2D eigenvalue weighted by molar-refractivity contribution is 7.14. The van der Waals surface area contributed by atoms with Gasteiger partial charge in [-0.1, -0.05) is 0 Å². The van der Waals surface area contributed by atoms with E-state index in [4.69, 9.17) is 0 Å². The number of hydrogen-bond acceptors (Lipinski definition) is 4. The minimum atomic E-state index is 1.40. The molecule has 120 valence electrons. The van der Waals surface area contributed by atoms with E-state index in [2.05, 4.69) is 52.0 Å². The molecule has 0 aromatic carbocycles. The van der Waals surface area contributed by atoms with Crippen LogP contribution in [0.3, 0.4) is 0 Å². The Hall–Kier alpha value is -1.20. The molecule has 1 aliphatic rings. The van der Waals surface area contributed by atoms with Crippen LogP contribution in [0.4, 0.5) is 0 Å². The summed E-state index contributed by atoms with van der Waals surface area (Å²) in [5.74, 6) is 0. The molecule has 5 rings (SSSR count). The van der Waals surface area contributed by atoms with Crippen molar-refractivity contribution < 1.29 is 0 Å². The zero-order chi connectivity index (χ0) is 16.6. The lowest BCUT2D eigenvalue weighted by Gasteiger charge is -1.87. The fraction of sp³-hybridized carbons (Fsp3) is 0.200. The van der Waals surface area contributed by atoms with Gasteiger partial charge in [-0.25, -0.2) is 0 Å². The third-order valence-corrected chi connectivity index (χ3v) is 8.94. The molecule has 0 unspecified atom stereocenters. The highest BCUT2D eigenvalue weighted by Crippen LogP contribution is 2.27. The molecule has 0 N–H and O–H groups in total. The predicted octanol–water partition coefficient (Wildman–Crippen LogP) is 6.63. The maximum Gasteiger partial charge on any atom is 0.0530 e. The highest BCUT2D eigenvalue weighted by Gasteiger charge is 2.08. The van der Waals surface area contributed by atoms with Gasteiger partial charge in [0.1, 0.15) is 0 Å². The number of hydrogen-bond donors (Lipinski definition) is 0. The SMILES string of the molecule is Cc1cc2/c(s1)=c1/sc(C)c/c1=c1\cc(C)s\c1=c1/sc(C)c/c1=2. The third kappa shape index (κ3) is 2.07. The summed E-state index contributed by atoms with van der Waals surface area (Å²) >= 11 is 7.77. The van der Waals surface area contributed by atoms with Crippen LogP contribution in [0, 0.1) is 66.7 Å². The van der Waals surface area contributed by atoms with E-state index in [1.165, 1.54) is 58.5 Å². The van der Waals surface area contributed by atoms with Crippen LogP contribution in [0.5, 0.6) is 0 Å². The van der Waals surface area contributed by atoms with Crippen LogP contribution in [-0.4, -0.2) is 0 Å². The van der Waals surface area contributed by atoms with Gasteiger partial charge >= 0.3 is 0 Å². The molecule has 4 aromatic heterocycles. The molecule has 4 aromatic rings. The topological polar surface area (TPSA) is 0 Å². The van der Waals surface area contributed by atoms with Crippen molar-refractivity contribution in [3.63, 3.8) is 0 Å². The lowest BCUT2D eigenvalue weighted by molar-refractivity contribution is 1.42. The van der Waals surface area contributed by atoms with Crippen LogP contribution in [0.25, 0.3) is 0 Å². The van der Waals surface area contributed by atoms with Gasteiger partial charge in [0.25, 0.3) is 0 Å². The molecule has 4 heteroatoms. The van der Waals surface area contributed by atoms with E-state index in [1.807, 2.05) is 45.3 Å². The summed E-state index contributed by atoms with van der Waals surface area (Å²) in [4.78, 5) is 5.59. The van der Waals surface area contributed by atoms with Crippen molar-refractivity contribution in [2.45, 2.75) is 27.7 Å². The van der Waals surface area contributed by atoms with Crippen LogP contribution >= 0.6 is 45.3 Å². The van der Waals surface area contributed by atoms with Gasteiger partial charge < -0.3 is 0 Å². The van der Waals surface area contributed by atoms with Gasteiger partial charge in [-0.3, -0.25) is 0 Å². The van der Waals surface area contributed by atoms with E-state index in [0.29, 0.717) is 0 Å². The Morgan fingerprint density at radius 1 is 0.417 bits per heavy atom. The second-order valence-corrected chi connectivity index (χ2v) is 11.4. The third-order valence-electron chi connectivity index (χ3n) is 4.41. The van der Waals surface area contributed by atoms with E-state index in [0.717, 1.165) is 0 Å². The van der Waals surface area contributed by atoms with E-state index >= 15 is 0 Å². The summed E-state index contributed by atoms with van der Waals surface area (Å²) in [5, 5.41) is 5.71. The lowest BCUT2D eigenvalue weighted by Crippen LogP contribution is -1.76. The quantitative estimate of drug-likeness (QED) is 0.281. The number of aryl methyl sites for hydroxylation is 4. The fourth-order valence-corrected chi connectivity index (χ4v) is 7.95. The van der Waals surface area contributed by atoms with E-state index < -0.39 is 0 Å². The van der Waals surface area contributed by atoms with Gasteiger partial charge in [-0.05, 0) is 52.0 Å². The first kappa shape index (κ1) is 15.1. The zero-order valence-electron chi connectivity index (χ0n) is 13.9. The molecule has 0 nitrogen and oxygen atoms in total. The predicted molar refractivity (Wildman–Crippen MR) is 107 cm³/mol. The second-order valence-electron chi connectivity index (χ2n) is 6.40. The number of fused-ring (bicyclic) bond motifs is 4. The van der Waals surface area contributed by atoms with Gasteiger partial charge in [0, 0.05) is 40.4 Å². The smallest absolute Gasteiger partial charge is 0.0530 e. The zero-order valence-corrected chi connectivity index (χ0v) is 17.2. The van der Waals surface area contributed by atoms with Gasteiger partial charge in [-0.15, -0.1) is 45.3 Å². The minimum Gasteiger partial charge on any atom is -0.139 e. The van der Waals surface area contributed by atoms with E-state index in [9.17, 15) is 0 Å². The molecule has 0 radical (unpaired) electrons. The van der Waals surface area contributed by atoms with Crippen molar-refractivity contribution in [1.29, 1.82) is 0 Å². The molecule has 0 saturated heterocycles. The maximum atomic E-state index is 2.38. The molecule has 0 aliphatic heterocycles. The van der Waals surface area contributed by atoms with Crippen molar-refractivity contribution >= 4 is 45.3 Å². The Bertz CT molecular complexity index is 1110. The van der Waals surface area contributed by atoms with Gasteiger partial charge in [0.15, 0.2) is 0 Å². The van der Waals surface area contributed by atoms with Crippen LogP contribution in [0.15, 0.2) is 24.3 Å². The first-order valence-electron chi connectivity index (χ1n) is 7.94. The highest BCUT2D eigenvalue weighted by atomic mass is 32.1.